The first-order chi connectivity index (χ1) is 6.52. The summed E-state index contributed by atoms with van der Waals surface area (Å²) in [4.78, 5) is 23.6. The van der Waals surface area contributed by atoms with Crippen molar-refractivity contribution in [3.05, 3.63) is 29.1 Å². The molecule has 0 fully saturated rings. The number of Topliss-reactive ketones (excluding diaryl/α,β-unsaturated/α-hetero) is 1. The van der Waals surface area contributed by atoms with Gasteiger partial charge in [0.2, 0.25) is 0 Å². The molecule has 0 bridgehead atoms. The highest BCUT2D eigenvalue weighted by Gasteiger charge is 2.35. The summed E-state index contributed by atoms with van der Waals surface area (Å²) in [6.07, 6.45) is 0. The molecular formula is C10H8FNO2. The maximum atomic E-state index is 13.4. The molecule has 2 rings (SSSR count). The Bertz CT molecular complexity index is 454. The number of carbonyl (C=O) groups excluding carboxylic acids is 2. The first-order valence-corrected chi connectivity index (χ1v) is 4.15. The minimum Gasteiger partial charge on any atom is -0.305 e. The Balaban J connectivity index is 2.75. The van der Waals surface area contributed by atoms with E-state index >= 15 is 0 Å². The monoisotopic (exact) mass is 193 g/mol. The Morgan fingerprint density at radius 2 is 1.93 bits per heavy atom. The molecule has 0 atom stereocenters. The van der Waals surface area contributed by atoms with Gasteiger partial charge in [0.25, 0.3) is 11.7 Å². The Labute approximate surface area is 80.1 Å². The van der Waals surface area contributed by atoms with Gasteiger partial charge in [0.15, 0.2) is 0 Å². The van der Waals surface area contributed by atoms with E-state index in [1.165, 1.54) is 19.2 Å². The molecule has 1 amide bonds. The van der Waals surface area contributed by atoms with Crippen molar-refractivity contribution in [1.29, 1.82) is 0 Å². The Hall–Kier alpha value is -1.71. The fraction of sp³-hybridized carbons (Fsp3) is 0.200. The van der Waals surface area contributed by atoms with Crippen LogP contribution in [0.5, 0.6) is 0 Å². The number of carbonyl (C=O) groups is 2. The number of anilines is 1. The number of hydrogen-bond donors (Lipinski definition) is 0. The zero-order valence-corrected chi connectivity index (χ0v) is 7.80. The normalized spacial score (nSPS) is 14.9. The van der Waals surface area contributed by atoms with E-state index in [1.807, 2.05) is 0 Å². The second kappa shape index (κ2) is 2.64. The molecule has 0 saturated carbocycles. The van der Waals surface area contributed by atoms with E-state index < -0.39 is 17.5 Å². The summed E-state index contributed by atoms with van der Waals surface area (Å²) in [5.74, 6) is -1.84. The second-order valence-corrected chi connectivity index (χ2v) is 3.34. The number of amides is 1. The van der Waals surface area contributed by atoms with Crippen LogP contribution in [0.1, 0.15) is 15.9 Å². The maximum Gasteiger partial charge on any atom is 0.299 e. The van der Waals surface area contributed by atoms with Gasteiger partial charge in [-0.1, -0.05) is 0 Å². The predicted molar refractivity (Wildman–Crippen MR) is 48.9 cm³/mol. The van der Waals surface area contributed by atoms with Gasteiger partial charge in [0.1, 0.15) is 5.82 Å². The number of benzene rings is 1. The molecule has 1 aliphatic rings. The zero-order chi connectivity index (χ0) is 10.5. The van der Waals surface area contributed by atoms with E-state index in [0.717, 1.165) is 4.90 Å². The van der Waals surface area contributed by atoms with Gasteiger partial charge in [-0.25, -0.2) is 4.39 Å². The maximum absolute atomic E-state index is 13.4. The van der Waals surface area contributed by atoms with Crippen molar-refractivity contribution < 1.29 is 14.0 Å². The average Bonchev–Trinajstić information content (AvgIpc) is 2.31. The first-order valence-electron chi connectivity index (χ1n) is 4.15. The molecule has 0 spiro atoms. The summed E-state index contributed by atoms with van der Waals surface area (Å²) in [6, 6.07) is 2.84. The lowest BCUT2D eigenvalue weighted by molar-refractivity contribution is -0.114. The van der Waals surface area contributed by atoms with Gasteiger partial charge in [-0.3, -0.25) is 9.59 Å². The summed E-state index contributed by atoms with van der Waals surface area (Å²) < 4.78 is 13.4. The van der Waals surface area contributed by atoms with E-state index in [0.29, 0.717) is 5.56 Å². The van der Waals surface area contributed by atoms with Gasteiger partial charge in [-0.15, -0.1) is 0 Å². The van der Waals surface area contributed by atoms with Crippen molar-refractivity contribution in [2.24, 2.45) is 0 Å². The SMILES string of the molecule is Cc1cc(F)c2c(c1)C(=O)C(=O)N2C. The molecule has 1 aliphatic heterocycles. The van der Waals surface area contributed by atoms with Gasteiger partial charge in [-0.05, 0) is 24.6 Å². The summed E-state index contributed by atoms with van der Waals surface area (Å²) in [6.45, 7) is 1.68. The van der Waals surface area contributed by atoms with Crippen LogP contribution in [0.2, 0.25) is 0 Å². The van der Waals surface area contributed by atoms with E-state index in [9.17, 15) is 14.0 Å². The van der Waals surface area contributed by atoms with Gasteiger partial charge >= 0.3 is 0 Å². The molecule has 1 heterocycles. The Kier molecular flexibility index (Phi) is 1.67. The fourth-order valence-corrected chi connectivity index (χ4v) is 1.62. The zero-order valence-electron chi connectivity index (χ0n) is 7.80. The lowest BCUT2D eigenvalue weighted by atomic mass is 10.1. The molecule has 4 heteroatoms. The summed E-state index contributed by atoms with van der Waals surface area (Å²) in [5.41, 5.74) is 0.887. The number of fused-ring (bicyclic) bond motifs is 1. The molecule has 72 valence electrons. The lowest BCUT2D eigenvalue weighted by Crippen LogP contribution is -2.25. The third kappa shape index (κ3) is 0.968. The van der Waals surface area contributed by atoms with Crippen LogP contribution in [0.15, 0.2) is 12.1 Å². The van der Waals surface area contributed by atoms with Gasteiger partial charge in [0, 0.05) is 7.05 Å². The molecule has 0 radical (unpaired) electrons. The molecule has 3 nitrogen and oxygen atoms in total. The Morgan fingerprint density at radius 1 is 1.29 bits per heavy atom. The van der Waals surface area contributed by atoms with Gasteiger partial charge < -0.3 is 4.90 Å². The van der Waals surface area contributed by atoms with Crippen LogP contribution in [0.4, 0.5) is 10.1 Å². The van der Waals surface area contributed by atoms with Crippen LogP contribution in [0.25, 0.3) is 0 Å². The smallest absolute Gasteiger partial charge is 0.299 e. The first kappa shape index (κ1) is 8.87. The van der Waals surface area contributed by atoms with Crippen LogP contribution in [0, 0.1) is 12.7 Å². The van der Waals surface area contributed by atoms with E-state index in [4.69, 9.17) is 0 Å². The number of rotatable bonds is 0. The molecule has 0 aliphatic carbocycles. The van der Waals surface area contributed by atoms with Crippen LogP contribution in [-0.2, 0) is 4.79 Å². The van der Waals surface area contributed by atoms with Crippen LogP contribution >= 0.6 is 0 Å². The molecule has 1 aromatic carbocycles. The minimum absolute atomic E-state index is 0.0885. The summed E-state index contributed by atoms with van der Waals surface area (Å²) in [7, 11) is 1.39. The number of aryl methyl sites for hydroxylation is 1. The highest BCUT2D eigenvalue weighted by molar-refractivity contribution is 6.52. The van der Waals surface area contributed by atoms with Gasteiger partial charge in [0.05, 0.1) is 11.3 Å². The quantitative estimate of drug-likeness (QED) is 0.582. The third-order valence-electron chi connectivity index (χ3n) is 2.29. The largest absolute Gasteiger partial charge is 0.305 e. The summed E-state index contributed by atoms with van der Waals surface area (Å²) in [5, 5.41) is 0. The highest BCUT2D eigenvalue weighted by atomic mass is 19.1. The molecule has 1 aromatic rings. The second-order valence-electron chi connectivity index (χ2n) is 3.34. The Morgan fingerprint density at radius 3 is 2.57 bits per heavy atom. The fourth-order valence-electron chi connectivity index (χ4n) is 1.62. The molecule has 0 N–H and O–H groups in total. The van der Waals surface area contributed by atoms with Crippen molar-refractivity contribution in [1.82, 2.24) is 0 Å². The number of likely N-dealkylation sites (N-methyl/N-ethyl adjacent to an activating group) is 1. The van der Waals surface area contributed by atoms with Crippen molar-refractivity contribution >= 4 is 17.4 Å². The minimum atomic E-state index is -0.676. The summed E-state index contributed by atoms with van der Waals surface area (Å²) >= 11 is 0. The third-order valence-corrected chi connectivity index (χ3v) is 2.29. The van der Waals surface area contributed by atoms with Crippen LogP contribution in [0.3, 0.4) is 0 Å². The van der Waals surface area contributed by atoms with E-state index in [2.05, 4.69) is 0 Å². The molecule has 0 saturated heterocycles. The van der Waals surface area contributed by atoms with E-state index in [1.54, 1.807) is 6.92 Å². The topological polar surface area (TPSA) is 37.4 Å². The van der Waals surface area contributed by atoms with Crippen molar-refractivity contribution in [2.45, 2.75) is 6.92 Å². The van der Waals surface area contributed by atoms with Crippen LogP contribution < -0.4 is 4.90 Å². The van der Waals surface area contributed by atoms with Crippen molar-refractivity contribution in [2.75, 3.05) is 11.9 Å². The molecule has 0 aromatic heterocycles. The average molecular weight is 193 g/mol. The highest BCUT2D eigenvalue weighted by Crippen LogP contribution is 2.31. The molecular weight excluding hydrogens is 185 g/mol. The van der Waals surface area contributed by atoms with Crippen molar-refractivity contribution in [3.8, 4) is 0 Å². The number of nitrogens with zero attached hydrogens (tertiary/aromatic N) is 1. The number of halogens is 1. The van der Waals surface area contributed by atoms with Crippen molar-refractivity contribution in [3.63, 3.8) is 0 Å². The lowest BCUT2D eigenvalue weighted by Gasteiger charge is -2.09. The standard InChI is InChI=1S/C10H8FNO2/c1-5-3-6-8(7(11)4-5)12(2)10(14)9(6)13/h3-4H,1-2H3. The number of hydrogen-bond acceptors (Lipinski definition) is 2. The van der Waals surface area contributed by atoms with Gasteiger partial charge in [-0.2, -0.15) is 0 Å². The molecule has 14 heavy (non-hydrogen) atoms. The van der Waals surface area contributed by atoms with Crippen LogP contribution in [-0.4, -0.2) is 18.7 Å². The molecule has 0 unspecified atom stereocenters. The number of ketones is 1. The van der Waals surface area contributed by atoms with E-state index in [-0.39, 0.29) is 11.3 Å². The predicted octanol–water partition coefficient (Wildman–Crippen LogP) is 1.29.